The summed E-state index contributed by atoms with van der Waals surface area (Å²) in [6, 6.07) is 19.7. The molecule has 32 heavy (non-hydrogen) atoms. The molecule has 6 heteroatoms. The van der Waals surface area contributed by atoms with Crippen LogP contribution in [0.5, 0.6) is 17.2 Å². The molecule has 0 amide bonds. The summed E-state index contributed by atoms with van der Waals surface area (Å²) in [5, 5.41) is 18.7. The first kappa shape index (κ1) is 21.2. The molecule has 2 N–H and O–H groups in total. The van der Waals surface area contributed by atoms with Gasteiger partial charge in [0.2, 0.25) is 0 Å². The second kappa shape index (κ2) is 8.98. The van der Waals surface area contributed by atoms with Crippen molar-refractivity contribution in [3.05, 3.63) is 95.1 Å². The number of phenols is 1. The number of carboxylic acid groups (broad SMARTS) is 1. The van der Waals surface area contributed by atoms with Crippen LogP contribution in [0.2, 0.25) is 0 Å². The summed E-state index contributed by atoms with van der Waals surface area (Å²) < 4.78 is 10.8. The van der Waals surface area contributed by atoms with Gasteiger partial charge in [0.05, 0.1) is 13.0 Å². The number of esters is 1. The van der Waals surface area contributed by atoms with Crippen molar-refractivity contribution in [2.75, 3.05) is 7.11 Å². The third-order valence-corrected chi connectivity index (χ3v) is 5.59. The third kappa shape index (κ3) is 4.49. The number of rotatable bonds is 6. The van der Waals surface area contributed by atoms with Crippen LogP contribution in [0, 0.1) is 0 Å². The van der Waals surface area contributed by atoms with Crippen molar-refractivity contribution in [1.29, 1.82) is 0 Å². The molecule has 0 spiro atoms. The summed E-state index contributed by atoms with van der Waals surface area (Å²) in [7, 11) is 1.59. The second-order valence-corrected chi connectivity index (χ2v) is 7.62. The number of ether oxygens (including phenoxy) is 2. The maximum absolute atomic E-state index is 13.0. The van der Waals surface area contributed by atoms with Crippen molar-refractivity contribution >= 4 is 18.0 Å². The predicted molar refractivity (Wildman–Crippen MR) is 119 cm³/mol. The minimum Gasteiger partial charge on any atom is -0.508 e. The molecule has 1 aliphatic heterocycles. The highest BCUT2D eigenvalue weighted by molar-refractivity contribution is 5.85. The van der Waals surface area contributed by atoms with Crippen LogP contribution in [0.25, 0.3) is 6.08 Å². The van der Waals surface area contributed by atoms with Gasteiger partial charge < -0.3 is 19.7 Å². The standard InChI is InChI=1S/C26H22O6/c1-31-20-10-7-18(8-11-20)25-22(21-12-9-19(27)15-23(21)32-26(25)30)14-17-4-2-16(3-5-17)6-13-24(28)29/h2-13,15,22,25,27H,14H2,1H3,(H,28,29)/b13-6+. The molecule has 0 radical (unpaired) electrons. The zero-order chi connectivity index (χ0) is 22.7. The lowest BCUT2D eigenvalue weighted by Crippen LogP contribution is -2.31. The highest BCUT2D eigenvalue weighted by atomic mass is 16.5. The van der Waals surface area contributed by atoms with E-state index >= 15 is 0 Å². The fraction of sp³-hybridized carbons (Fsp3) is 0.154. The topological polar surface area (TPSA) is 93.1 Å². The molecule has 6 nitrogen and oxygen atoms in total. The van der Waals surface area contributed by atoms with E-state index in [0.717, 1.165) is 28.3 Å². The van der Waals surface area contributed by atoms with Gasteiger partial charge in [-0.05, 0) is 52.9 Å². The lowest BCUT2D eigenvalue weighted by atomic mass is 9.76. The number of aromatic hydroxyl groups is 1. The molecular weight excluding hydrogens is 408 g/mol. The summed E-state index contributed by atoms with van der Waals surface area (Å²) in [5.41, 5.74) is 3.43. The average molecular weight is 430 g/mol. The highest BCUT2D eigenvalue weighted by Crippen LogP contribution is 2.45. The predicted octanol–water partition coefficient (Wildman–Crippen LogP) is 4.53. The van der Waals surface area contributed by atoms with Gasteiger partial charge in [-0.2, -0.15) is 0 Å². The number of phenolic OH excluding ortho intramolecular Hbond substituents is 1. The molecule has 0 bridgehead atoms. The van der Waals surface area contributed by atoms with Gasteiger partial charge in [0.25, 0.3) is 0 Å². The van der Waals surface area contributed by atoms with Gasteiger partial charge in [0, 0.05) is 18.1 Å². The lowest BCUT2D eigenvalue weighted by Gasteiger charge is -2.32. The second-order valence-electron chi connectivity index (χ2n) is 7.62. The third-order valence-electron chi connectivity index (χ3n) is 5.59. The average Bonchev–Trinajstić information content (AvgIpc) is 2.78. The summed E-state index contributed by atoms with van der Waals surface area (Å²) in [4.78, 5) is 23.8. The van der Waals surface area contributed by atoms with Crippen LogP contribution < -0.4 is 9.47 Å². The monoisotopic (exact) mass is 430 g/mol. The molecular formula is C26H22O6. The van der Waals surface area contributed by atoms with E-state index in [1.807, 2.05) is 48.5 Å². The minimum absolute atomic E-state index is 0.0350. The number of methoxy groups -OCH3 is 1. The van der Waals surface area contributed by atoms with Gasteiger partial charge in [0.15, 0.2) is 0 Å². The largest absolute Gasteiger partial charge is 0.508 e. The Morgan fingerprint density at radius 3 is 2.44 bits per heavy atom. The van der Waals surface area contributed by atoms with E-state index in [1.165, 1.54) is 12.1 Å². The summed E-state index contributed by atoms with van der Waals surface area (Å²) in [5.74, 6) is -1.01. The highest BCUT2D eigenvalue weighted by Gasteiger charge is 2.39. The quantitative estimate of drug-likeness (QED) is 0.339. The number of fused-ring (bicyclic) bond motifs is 1. The maximum Gasteiger partial charge on any atom is 0.328 e. The van der Waals surface area contributed by atoms with Crippen LogP contribution >= 0.6 is 0 Å². The Morgan fingerprint density at radius 1 is 1.06 bits per heavy atom. The van der Waals surface area contributed by atoms with Crippen LogP contribution in [0.4, 0.5) is 0 Å². The number of hydrogen-bond acceptors (Lipinski definition) is 5. The first-order chi connectivity index (χ1) is 15.4. The Bertz CT molecular complexity index is 1160. The Morgan fingerprint density at radius 2 is 1.78 bits per heavy atom. The van der Waals surface area contributed by atoms with E-state index in [2.05, 4.69) is 0 Å². The lowest BCUT2D eigenvalue weighted by molar-refractivity contribution is -0.138. The van der Waals surface area contributed by atoms with Gasteiger partial charge >= 0.3 is 11.9 Å². The van der Waals surface area contributed by atoms with E-state index in [-0.39, 0.29) is 17.6 Å². The number of hydrogen-bond donors (Lipinski definition) is 2. The van der Waals surface area contributed by atoms with Crippen LogP contribution in [0.3, 0.4) is 0 Å². The summed E-state index contributed by atoms with van der Waals surface area (Å²) in [6.07, 6.45) is 3.18. The van der Waals surface area contributed by atoms with Gasteiger partial charge in [0.1, 0.15) is 17.2 Å². The first-order valence-electron chi connectivity index (χ1n) is 10.1. The number of benzene rings is 3. The van der Waals surface area contributed by atoms with Gasteiger partial charge in [-0.3, -0.25) is 4.79 Å². The van der Waals surface area contributed by atoms with Gasteiger partial charge in [-0.15, -0.1) is 0 Å². The van der Waals surface area contributed by atoms with Crippen LogP contribution in [0.15, 0.2) is 72.8 Å². The zero-order valence-corrected chi connectivity index (χ0v) is 17.4. The van der Waals surface area contributed by atoms with Gasteiger partial charge in [-0.1, -0.05) is 42.5 Å². The SMILES string of the molecule is COc1ccc(C2C(=O)Oc3cc(O)ccc3C2Cc2ccc(/C=C/C(=O)O)cc2)cc1. The number of carbonyl (C=O) groups excluding carboxylic acids is 1. The number of aliphatic carboxylic acids is 1. The summed E-state index contributed by atoms with van der Waals surface area (Å²) >= 11 is 0. The van der Waals surface area contributed by atoms with Crippen LogP contribution in [-0.4, -0.2) is 29.3 Å². The molecule has 2 atom stereocenters. The molecule has 4 rings (SSSR count). The van der Waals surface area contributed by atoms with Gasteiger partial charge in [-0.25, -0.2) is 4.79 Å². The van der Waals surface area contributed by atoms with Crippen molar-refractivity contribution in [1.82, 2.24) is 0 Å². The van der Waals surface area contributed by atoms with E-state index in [1.54, 1.807) is 19.2 Å². The molecule has 3 aromatic carbocycles. The molecule has 0 saturated carbocycles. The molecule has 0 fully saturated rings. The molecule has 0 aromatic heterocycles. The van der Waals surface area contributed by atoms with Crippen LogP contribution in [0.1, 0.15) is 34.1 Å². The molecule has 3 aromatic rings. The molecule has 1 aliphatic rings. The van der Waals surface area contributed by atoms with Crippen molar-refractivity contribution in [2.45, 2.75) is 18.3 Å². The van der Waals surface area contributed by atoms with E-state index in [4.69, 9.17) is 14.6 Å². The van der Waals surface area contributed by atoms with E-state index in [9.17, 15) is 14.7 Å². The normalized spacial score (nSPS) is 17.6. The molecule has 0 aliphatic carbocycles. The van der Waals surface area contributed by atoms with Crippen molar-refractivity contribution in [3.63, 3.8) is 0 Å². The van der Waals surface area contributed by atoms with Crippen LogP contribution in [-0.2, 0) is 16.0 Å². The fourth-order valence-corrected chi connectivity index (χ4v) is 4.03. The fourth-order valence-electron chi connectivity index (χ4n) is 4.03. The van der Waals surface area contributed by atoms with Crippen molar-refractivity contribution in [3.8, 4) is 17.2 Å². The van der Waals surface area contributed by atoms with E-state index < -0.39 is 11.9 Å². The number of carboxylic acids is 1. The number of carbonyl (C=O) groups is 2. The Kier molecular flexibility index (Phi) is 5.94. The first-order valence-corrected chi connectivity index (χ1v) is 10.1. The Balaban J connectivity index is 1.70. The smallest absolute Gasteiger partial charge is 0.328 e. The Hall–Kier alpha value is -4.06. The zero-order valence-electron chi connectivity index (χ0n) is 17.4. The van der Waals surface area contributed by atoms with E-state index in [0.29, 0.717) is 17.9 Å². The molecule has 2 unspecified atom stereocenters. The maximum atomic E-state index is 13.0. The summed E-state index contributed by atoms with van der Waals surface area (Å²) in [6.45, 7) is 0. The molecule has 0 saturated heterocycles. The minimum atomic E-state index is -1.00. The Labute approximate surface area is 185 Å². The molecule has 162 valence electrons. The van der Waals surface area contributed by atoms with Crippen molar-refractivity contribution in [2.24, 2.45) is 0 Å². The van der Waals surface area contributed by atoms with Crippen molar-refractivity contribution < 1.29 is 29.3 Å². The molecule has 1 heterocycles.